The molecule has 0 unspecified atom stereocenters. The van der Waals surface area contributed by atoms with Crippen LogP contribution in [0.15, 0.2) is 18.2 Å². The molecule has 0 N–H and O–H groups in total. The van der Waals surface area contributed by atoms with Crippen molar-refractivity contribution in [1.29, 1.82) is 5.26 Å². The number of ether oxygens (including phenoxy) is 1. The van der Waals surface area contributed by atoms with E-state index in [1.54, 1.807) is 0 Å². The van der Waals surface area contributed by atoms with E-state index in [2.05, 4.69) is 41.1 Å². The molecule has 0 saturated carbocycles. The molecule has 106 valence electrons. The van der Waals surface area contributed by atoms with Crippen LogP contribution in [0, 0.1) is 11.3 Å². The highest BCUT2D eigenvalue weighted by molar-refractivity contribution is 5.56. The van der Waals surface area contributed by atoms with Crippen LogP contribution in [0.5, 0.6) is 0 Å². The number of fused-ring (bicyclic) bond motifs is 1. The zero-order valence-corrected chi connectivity index (χ0v) is 12.0. The molecule has 1 atom stereocenters. The Morgan fingerprint density at radius 2 is 2.05 bits per heavy atom. The maximum Gasteiger partial charge on any atom is 0.124 e. The minimum absolute atomic E-state index is 0.142. The first kappa shape index (κ1) is 13.4. The number of nitrogens with zero attached hydrogens (tertiary/aromatic N) is 3. The maximum atomic E-state index is 9.54. The summed E-state index contributed by atoms with van der Waals surface area (Å²) in [5.41, 5.74) is 3.83. The SMILES string of the molecule is CN1CCCc2cc([C@@H](C#N)N3CCOCC3)ccc21. The molecule has 2 aliphatic heterocycles. The Hall–Kier alpha value is -1.57. The van der Waals surface area contributed by atoms with Crippen LogP contribution >= 0.6 is 0 Å². The van der Waals surface area contributed by atoms with Crippen molar-refractivity contribution in [1.82, 2.24) is 4.90 Å². The Kier molecular flexibility index (Phi) is 3.90. The van der Waals surface area contributed by atoms with E-state index in [-0.39, 0.29) is 6.04 Å². The highest BCUT2D eigenvalue weighted by atomic mass is 16.5. The minimum Gasteiger partial charge on any atom is -0.379 e. The summed E-state index contributed by atoms with van der Waals surface area (Å²) in [7, 11) is 2.14. The first-order chi connectivity index (χ1) is 9.79. The molecule has 2 aliphatic rings. The molecule has 0 bridgehead atoms. The van der Waals surface area contributed by atoms with Gasteiger partial charge in [0, 0.05) is 32.4 Å². The van der Waals surface area contributed by atoms with Gasteiger partial charge in [0.1, 0.15) is 6.04 Å². The number of hydrogen-bond acceptors (Lipinski definition) is 4. The normalized spacial score (nSPS) is 21.1. The van der Waals surface area contributed by atoms with Crippen LogP contribution in [0.4, 0.5) is 5.69 Å². The third kappa shape index (κ3) is 2.52. The molecule has 2 heterocycles. The second-order valence-corrected chi connectivity index (χ2v) is 5.59. The summed E-state index contributed by atoms with van der Waals surface area (Å²) in [6.07, 6.45) is 2.32. The van der Waals surface area contributed by atoms with E-state index in [0.717, 1.165) is 44.8 Å². The van der Waals surface area contributed by atoms with Crippen LogP contribution in [-0.4, -0.2) is 44.8 Å². The first-order valence-corrected chi connectivity index (χ1v) is 7.35. The van der Waals surface area contributed by atoms with E-state index < -0.39 is 0 Å². The average Bonchev–Trinajstić information content (AvgIpc) is 2.49. The molecule has 1 aromatic carbocycles. The van der Waals surface area contributed by atoms with Crippen molar-refractivity contribution in [2.45, 2.75) is 18.9 Å². The van der Waals surface area contributed by atoms with Crippen LogP contribution in [0.25, 0.3) is 0 Å². The lowest BCUT2D eigenvalue weighted by atomic mass is 9.96. The van der Waals surface area contributed by atoms with E-state index in [1.165, 1.54) is 17.7 Å². The molecule has 1 fully saturated rings. The number of morpholine rings is 1. The molecule has 0 amide bonds. The van der Waals surface area contributed by atoms with Crippen LogP contribution in [0.3, 0.4) is 0 Å². The molecule has 4 heteroatoms. The van der Waals surface area contributed by atoms with Crippen molar-refractivity contribution in [3.63, 3.8) is 0 Å². The van der Waals surface area contributed by atoms with Gasteiger partial charge >= 0.3 is 0 Å². The van der Waals surface area contributed by atoms with Crippen LogP contribution in [-0.2, 0) is 11.2 Å². The largest absolute Gasteiger partial charge is 0.379 e. The van der Waals surface area contributed by atoms with Crippen molar-refractivity contribution >= 4 is 5.69 Å². The van der Waals surface area contributed by atoms with Gasteiger partial charge in [-0.25, -0.2) is 0 Å². The summed E-state index contributed by atoms with van der Waals surface area (Å²) < 4.78 is 5.38. The third-order valence-electron chi connectivity index (χ3n) is 4.30. The van der Waals surface area contributed by atoms with E-state index in [1.807, 2.05) is 0 Å². The van der Waals surface area contributed by atoms with Gasteiger partial charge in [-0.15, -0.1) is 0 Å². The molecule has 0 aliphatic carbocycles. The lowest BCUT2D eigenvalue weighted by Gasteiger charge is -2.32. The zero-order chi connectivity index (χ0) is 13.9. The van der Waals surface area contributed by atoms with Crippen molar-refractivity contribution in [2.75, 3.05) is 44.8 Å². The fourth-order valence-corrected chi connectivity index (χ4v) is 3.18. The summed E-state index contributed by atoms with van der Waals surface area (Å²) in [6, 6.07) is 8.84. The first-order valence-electron chi connectivity index (χ1n) is 7.35. The average molecular weight is 271 g/mol. The molecule has 1 saturated heterocycles. The number of anilines is 1. The monoisotopic (exact) mass is 271 g/mol. The smallest absolute Gasteiger partial charge is 0.124 e. The second-order valence-electron chi connectivity index (χ2n) is 5.59. The quantitative estimate of drug-likeness (QED) is 0.824. The van der Waals surface area contributed by atoms with Crippen LogP contribution < -0.4 is 4.90 Å². The standard InChI is InChI=1S/C16H21N3O/c1-18-6-2-3-13-11-14(4-5-15(13)18)16(12-17)19-7-9-20-10-8-19/h4-5,11,16H,2-3,6-10H2,1H3/t16-/m1/s1. The lowest BCUT2D eigenvalue weighted by molar-refractivity contribution is 0.0266. The lowest BCUT2D eigenvalue weighted by Crippen LogP contribution is -2.38. The van der Waals surface area contributed by atoms with Gasteiger partial charge in [0.2, 0.25) is 0 Å². The zero-order valence-electron chi connectivity index (χ0n) is 12.0. The van der Waals surface area contributed by atoms with Crippen molar-refractivity contribution < 1.29 is 4.74 Å². The Labute approximate surface area is 120 Å². The molecule has 4 nitrogen and oxygen atoms in total. The molecular formula is C16H21N3O. The summed E-state index contributed by atoms with van der Waals surface area (Å²) in [4.78, 5) is 4.52. The number of aryl methyl sites for hydroxylation is 1. The van der Waals surface area contributed by atoms with Crippen molar-refractivity contribution in [3.05, 3.63) is 29.3 Å². The molecule has 0 aromatic heterocycles. The van der Waals surface area contributed by atoms with Gasteiger partial charge in [-0.05, 0) is 30.0 Å². The van der Waals surface area contributed by atoms with Crippen molar-refractivity contribution in [3.8, 4) is 6.07 Å². The van der Waals surface area contributed by atoms with Gasteiger partial charge in [0.15, 0.2) is 0 Å². The van der Waals surface area contributed by atoms with Crippen molar-refractivity contribution in [2.24, 2.45) is 0 Å². The second kappa shape index (κ2) is 5.82. The Morgan fingerprint density at radius 1 is 1.25 bits per heavy atom. The highest BCUT2D eigenvalue weighted by Gasteiger charge is 2.24. The fourth-order valence-electron chi connectivity index (χ4n) is 3.18. The van der Waals surface area contributed by atoms with E-state index >= 15 is 0 Å². The number of hydrogen-bond donors (Lipinski definition) is 0. The molecular weight excluding hydrogens is 250 g/mol. The predicted octanol–water partition coefficient (Wildman–Crippen LogP) is 1.97. The van der Waals surface area contributed by atoms with E-state index in [0.29, 0.717) is 0 Å². The summed E-state index contributed by atoms with van der Waals surface area (Å²) in [5.74, 6) is 0. The van der Waals surface area contributed by atoms with E-state index in [9.17, 15) is 5.26 Å². The highest BCUT2D eigenvalue weighted by Crippen LogP contribution is 2.30. The summed E-state index contributed by atoms with van der Waals surface area (Å²) in [5, 5.41) is 9.54. The maximum absolute atomic E-state index is 9.54. The van der Waals surface area contributed by atoms with Gasteiger partial charge < -0.3 is 9.64 Å². The molecule has 1 aromatic rings. The molecule has 3 rings (SSSR count). The number of benzene rings is 1. The van der Waals surface area contributed by atoms with Crippen LogP contribution in [0.2, 0.25) is 0 Å². The van der Waals surface area contributed by atoms with Gasteiger partial charge in [-0.2, -0.15) is 5.26 Å². The minimum atomic E-state index is -0.142. The number of rotatable bonds is 2. The van der Waals surface area contributed by atoms with Crippen LogP contribution in [0.1, 0.15) is 23.6 Å². The Morgan fingerprint density at radius 3 is 2.80 bits per heavy atom. The molecule has 0 spiro atoms. The number of nitriles is 1. The fraction of sp³-hybridized carbons (Fsp3) is 0.562. The topological polar surface area (TPSA) is 39.5 Å². The van der Waals surface area contributed by atoms with Gasteiger partial charge in [0.25, 0.3) is 0 Å². The third-order valence-corrected chi connectivity index (χ3v) is 4.30. The Bertz CT molecular complexity index is 517. The summed E-state index contributed by atoms with van der Waals surface area (Å²) in [6.45, 7) is 4.26. The van der Waals surface area contributed by atoms with Gasteiger partial charge in [0.05, 0.1) is 19.3 Å². The van der Waals surface area contributed by atoms with E-state index in [4.69, 9.17) is 4.74 Å². The summed E-state index contributed by atoms with van der Waals surface area (Å²) >= 11 is 0. The van der Waals surface area contributed by atoms with Gasteiger partial charge in [-0.3, -0.25) is 4.90 Å². The molecule has 0 radical (unpaired) electrons. The van der Waals surface area contributed by atoms with Gasteiger partial charge in [-0.1, -0.05) is 12.1 Å². The Balaban J connectivity index is 1.87. The molecule has 20 heavy (non-hydrogen) atoms. The predicted molar refractivity (Wildman–Crippen MR) is 78.8 cm³/mol.